The largest absolute Gasteiger partial charge is 0.494 e. The predicted molar refractivity (Wildman–Crippen MR) is 121 cm³/mol. The molecule has 0 radical (unpaired) electrons. The summed E-state index contributed by atoms with van der Waals surface area (Å²) < 4.78 is 5.78. The number of allylic oxidation sites excluding steroid dienone is 2. The SMILES string of the molecule is CCCC=CCCc1ccc(C#Cc2ccc(OCCCCCC)cc2)cc1. The van der Waals surface area contributed by atoms with Crippen LogP contribution in [0.25, 0.3) is 0 Å². The lowest BCUT2D eigenvalue weighted by Crippen LogP contribution is -1.96. The molecular formula is C27H34O. The maximum absolute atomic E-state index is 5.78. The van der Waals surface area contributed by atoms with Gasteiger partial charge in [0.1, 0.15) is 5.75 Å². The lowest BCUT2D eigenvalue weighted by atomic mass is 10.1. The Hall–Kier alpha value is -2.46. The van der Waals surface area contributed by atoms with Crippen LogP contribution in [-0.2, 0) is 6.42 Å². The van der Waals surface area contributed by atoms with Gasteiger partial charge in [-0.3, -0.25) is 0 Å². The molecule has 0 amide bonds. The summed E-state index contributed by atoms with van der Waals surface area (Å²) in [7, 11) is 0. The number of ether oxygens (including phenoxy) is 1. The highest BCUT2D eigenvalue weighted by atomic mass is 16.5. The first-order chi connectivity index (χ1) is 13.8. The summed E-state index contributed by atoms with van der Waals surface area (Å²) in [6.45, 7) is 5.23. The average Bonchev–Trinajstić information content (AvgIpc) is 2.74. The number of aryl methyl sites for hydroxylation is 1. The van der Waals surface area contributed by atoms with Crippen molar-refractivity contribution in [3.8, 4) is 17.6 Å². The van der Waals surface area contributed by atoms with Crippen molar-refractivity contribution in [3.05, 3.63) is 77.4 Å². The third-order valence-electron chi connectivity index (χ3n) is 4.65. The number of hydrogen-bond donors (Lipinski definition) is 0. The van der Waals surface area contributed by atoms with Crippen LogP contribution in [0.3, 0.4) is 0 Å². The number of hydrogen-bond acceptors (Lipinski definition) is 1. The Balaban J connectivity index is 1.79. The monoisotopic (exact) mass is 374 g/mol. The van der Waals surface area contributed by atoms with Crippen LogP contribution in [0.5, 0.6) is 5.75 Å². The first-order valence-corrected chi connectivity index (χ1v) is 10.8. The van der Waals surface area contributed by atoms with Crippen LogP contribution in [0.15, 0.2) is 60.7 Å². The van der Waals surface area contributed by atoms with Gasteiger partial charge in [0, 0.05) is 11.1 Å². The number of unbranched alkanes of at least 4 members (excludes halogenated alkanes) is 4. The minimum absolute atomic E-state index is 0.797. The van der Waals surface area contributed by atoms with Crippen LogP contribution >= 0.6 is 0 Å². The van der Waals surface area contributed by atoms with Gasteiger partial charge in [0.15, 0.2) is 0 Å². The lowest BCUT2D eigenvalue weighted by molar-refractivity contribution is 0.305. The summed E-state index contributed by atoms with van der Waals surface area (Å²) in [6.07, 6.45) is 14.1. The summed E-state index contributed by atoms with van der Waals surface area (Å²) >= 11 is 0. The van der Waals surface area contributed by atoms with E-state index in [9.17, 15) is 0 Å². The van der Waals surface area contributed by atoms with E-state index in [1.165, 1.54) is 37.7 Å². The highest BCUT2D eigenvalue weighted by Gasteiger charge is 1.95. The van der Waals surface area contributed by atoms with Crippen molar-refractivity contribution in [1.82, 2.24) is 0 Å². The topological polar surface area (TPSA) is 9.23 Å². The summed E-state index contributed by atoms with van der Waals surface area (Å²) in [5.41, 5.74) is 3.44. The number of benzene rings is 2. The van der Waals surface area contributed by atoms with E-state index in [2.05, 4.69) is 62.1 Å². The van der Waals surface area contributed by atoms with Crippen molar-refractivity contribution >= 4 is 0 Å². The quantitative estimate of drug-likeness (QED) is 0.227. The van der Waals surface area contributed by atoms with Crippen LogP contribution in [0.1, 0.15) is 75.5 Å². The summed E-state index contributed by atoms with van der Waals surface area (Å²) in [5, 5.41) is 0. The van der Waals surface area contributed by atoms with Gasteiger partial charge in [-0.05, 0) is 67.6 Å². The maximum Gasteiger partial charge on any atom is 0.119 e. The molecule has 0 aliphatic heterocycles. The average molecular weight is 375 g/mol. The first-order valence-electron chi connectivity index (χ1n) is 10.8. The van der Waals surface area contributed by atoms with Crippen molar-refractivity contribution in [1.29, 1.82) is 0 Å². The van der Waals surface area contributed by atoms with E-state index in [1.54, 1.807) is 0 Å². The van der Waals surface area contributed by atoms with Gasteiger partial charge in [0.2, 0.25) is 0 Å². The fraction of sp³-hybridized carbons (Fsp3) is 0.407. The minimum atomic E-state index is 0.797. The molecule has 0 fully saturated rings. The lowest BCUT2D eigenvalue weighted by Gasteiger charge is -2.05. The second-order valence-corrected chi connectivity index (χ2v) is 7.18. The van der Waals surface area contributed by atoms with E-state index in [-0.39, 0.29) is 0 Å². The Kier molecular flexibility index (Phi) is 10.7. The molecule has 0 bridgehead atoms. The van der Waals surface area contributed by atoms with Gasteiger partial charge in [-0.2, -0.15) is 0 Å². The predicted octanol–water partition coefficient (Wildman–Crippen LogP) is 7.33. The molecule has 0 aromatic heterocycles. The third-order valence-corrected chi connectivity index (χ3v) is 4.65. The number of rotatable bonds is 11. The summed E-state index contributed by atoms with van der Waals surface area (Å²) in [6, 6.07) is 16.7. The molecule has 0 N–H and O–H groups in total. The molecule has 0 unspecified atom stereocenters. The fourth-order valence-electron chi connectivity index (χ4n) is 2.90. The van der Waals surface area contributed by atoms with Crippen LogP contribution < -0.4 is 4.74 Å². The Morgan fingerprint density at radius 1 is 0.714 bits per heavy atom. The van der Waals surface area contributed by atoms with Crippen LogP contribution in [0, 0.1) is 11.8 Å². The molecule has 0 aliphatic rings. The second kappa shape index (κ2) is 13.7. The van der Waals surface area contributed by atoms with E-state index < -0.39 is 0 Å². The van der Waals surface area contributed by atoms with Gasteiger partial charge in [0.05, 0.1) is 6.61 Å². The normalized spacial score (nSPS) is 10.6. The highest BCUT2D eigenvalue weighted by Crippen LogP contribution is 2.13. The molecule has 2 aromatic carbocycles. The van der Waals surface area contributed by atoms with Gasteiger partial charge >= 0.3 is 0 Å². The Bertz CT molecular complexity index is 742. The molecule has 0 saturated carbocycles. The molecule has 0 saturated heterocycles. The molecule has 1 heteroatoms. The van der Waals surface area contributed by atoms with Crippen molar-refractivity contribution in [3.63, 3.8) is 0 Å². The van der Waals surface area contributed by atoms with Gasteiger partial charge < -0.3 is 4.74 Å². The van der Waals surface area contributed by atoms with E-state index in [4.69, 9.17) is 4.74 Å². The second-order valence-electron chi connectivity index (χ2n) is 7.18. The third kappa shape index (κ3) is 8.96. The van der Waals surface area contributed by atoms with Gasteiger partial charge in [0.25, 0.3) is 0 Å². The maximum atomic E-state index is 5.78. The standard InChI is InChI=1S/C27H34O/c1-3-5-7-9-10-12-24-13-15-25(16-14-24)17-18-26-19-21-27(22-20-26)28-23-11-8-6-4-2/h7,9,13-16,19-22H,3-6,8,10-12,23H2,1-2H3. The van der Waals surface area contributed by atoms with E-state index in [0.717, 1.165) is 42.7 Å². The van der Waals surface area contributed by atoms with Crippen molar-refractivity contribution in [2.45, 2.75) is 65.2 Å². The minimum Gasteiger partial charge on any atom is -0.494 e. The zero-order chi connectivity index (χ0) is 19.9. The molecule has 148 valence electrons. The molecule has 0 spiro atoms. The van der Waals surface area contributed by atoms with E-state index in [1.807, 2.05) is 24.3 Å². The van der Waals surface area contributed by atoms with E-state index in [0.29, 0.717) is 0 Å². The summed E-state index contributed by atoms with van der Waals surface area (Å²) in [5.74, 6) is 7.42. The molecular weight excluding hydrogens is 340 g/mol. The van der Waals surface area contributed by atoms with Gasteiger partial charge in [-0.1, -0.05) is 75.7 Å². The molecule has 0 aliphatic carbocycles. The smallest absolute Gasteiger partial charge is 0.119 e. The Morgan fingerprint density at radius 3 is 2.00 bits per heavy atom. The zero-order valence-electron chi connectivity index (χ0n) is 17.5. The van der Waals surface area contributed by atoms with Crippen molar-refractivity contribution < 1.29 is 4.74 Å². The Morgan fingerprint density at radius 2 is 1.36 bits per heavy atom. The fourth-order valence-corrected chi connectivity index (χ4v) is 2.90. The molecule has 1 nitrogen and oxygen atoms in total. The highest BCUT2D eigenvalue weighted by molar-refractivity contribution is 5.44. The first kappa shape index (κ1) is 21.8. The van der Waals surface area contributed by atoms with Crippen LogP contribution in [0.2, 0.25) is 0 Å². The summed E-state index contributed by atoms with van der Waals surface area (Å²) in [4.78, 5) is 0. The molecule has 2 aromatic rings. The van der Waals surface area contributed by atoms with Crippen molar-refractivity contribution in [2.24, 2.45) is 0 Å². The van der Waals surface area contributed by atoms with Gasteiger partial charge in [-0.25, -0.2) is 0 Å². The Labute approximate surface area is 171 Å². The van der Waals surface area contributed by atoms with Crippen molar-refractivity contribution in [2.75, 3.05) is 6.61 Å². The molecule has 0 atom stereocenters. The van der Waals surface area contributed by atoms with E-state index >= 15 is 0 Å². The molecule has 28 heavy (non-hydrogen) atoms. The molecule has 2 rings (SSSR count). The molecule has 0 heterocycles. The van der Waals surface area contributed by atoms with Crippen LogP contribution in [0.4, 0.5) is 0 Å². The van der Waals surface area contributed by atoms with Gasteiger partial charge in [-0.15, -0.1) is 0 Å². The van der Waals surface area contributed by atoms with Crippen LogP contribution in [-0.4, -0.2) is 6.61 Å². The zero-order valence-corrected chi connectivity index (χ0v) is 17.5.